The summed E-state index contributed by atoms with van der Waals surface area (Å²) in [6.07, 6.45) is 0. The molecule has 0 amide bonds. The number of piperazine rings is 1. The van der Waals surface area contributed by atoms with E-state index in [9.17, 15) is 5.11 Å². The van der Waals surface area contributed by atoms with Gasteiger partial charge in [-0.05, 0) is 24.4 Å². The Morgan fingerprint density at radius 3 is 2.75 bits per heavy atom. The molecule has 0 saturated carbocycles. The highest BCUT2D eigenvalue weighted by molar-refractivity contribution is 7.10. The van der Waals surface area contributed by atoms with E-state index in [0.717, 1.165) is 31.7 Å². The molecule has 0 aliphatic carbocycles. The smallest absolute Gasteiger partial charge is 0.120 e. The third kappa shape index (κ3) is 2.73. The first kappa shape index (κ1) is 13.6. The van der Waals surface area contributed by atoms with Gasteiger partial charge in [-0.25, -0.2) is 0 Å². The number of nitrogens with zero attached hydrogens (tertiary/aromatic N) is 1. The summed E-state index contributed by atoms with van der Waals surface area (Å²) < 4.78 is 0. The number of hydrogen-bond donors (Lipinski definition) is 2. The lowest BCUT2D eigenvalue weighted by Crippen LogP contribution is -2.45. The van der Waals surface area contributed by atoms with Crippen molar-refractivity contribution in [1.29, 1.82) is 0 Å². The van der Waals surface area contributed by atoms with Crippen LogP contribution in [-0.2, 0) is 0 Å². The summed E-state index contributed by atoms with van der Waals surface area (Å²) in [5.41, 5.74) is 2.21. The van der Waals surface area contributed by atoms with Gasteiger partial charge in [-0.15, -0.1) is 11.3 Å². The number of thiophene rings is 1. The van der Waals surface area contributed by atoms with E-state index in [0.29, 0.717) is 5.75 Å². The van der Waals surface area contributed by atoms with E-state index in [1.807, 2.05) is 12.1 Å². The molecule has 1 aliphatic rings. The van der Waals surface area contributed by atoms with Crippen molar-refractivity contribution < 1.29 is 5.11 Å². The quantitative estimate of drug-likeness (QED) is 0.911. The van der Waals surface area contributed by atoms with Crippen molar-refractivity contribution >= 4 is 11.3 Å². The zero-order chi connectivity index (χ0) is 13.9. The van der Waals surface area contributed by atoms with Crippen LogP contribution in [0.2, 0.25) is 0 Å². The third-order valence-electron chi connectivity index (χ3n) is 3.81. The number of benzene rings is 1. The van der Waals surface area contributed by atoms with E-state index >= 15 is 0 Å². The predicted molar refractivity (Wildman–Crippen MR) is 83.4 cm³/mol. The van der Waals surface area contributed by atoms with Crippen LogP contribution in [0.1, 0.15) is 22.0 Å². The second-order valence-electron chi connectivity index (χ2n) is 5.27. The molecule has 0 unspecified atom stereocenters. The summed E-state index contributed by atoms with van der Waals surface area (Å²) in [5, 5.41) is 15.8. The minimum absolute atomic E-state index is 0.164. The molecule has 1 saturated heterocycles. The van der Waals surface area contributed by atoms with Crippen LogP contribution in [0.5, 0.6) is 5.75 Å². The zero-order valence-corrected chi connectivity index (χ0v) is 12.5. The standard InChI is InChI=1S/C16H20N2OS/c1-12-4-5-14(19)13(11-12)16(15-3-2-10-20-15)18-8-6-17-7-9-18/h2-5,10-11,16-17,19H,6-9H2,1H3/t16-/m0/s1. The van der Waals surface area contributed by atoms with E-state index in [1.165, 1.54) is 10.4 Å². The molecule has 4 heteroatoms. The molecular formula is C16H20N2OS. The molecule has 0 radical (unpaired) electrons. The summed E-state index contributed by atoms with van der Waals surface area (Å²) in [6.45, 7) is 6.11. The highest BCUT2D eigenvalue weighted by Gasteiger charge is 2.26. The molecule has 1 aromatic heterocycles. The molecular weight excluding hydrogens is 268 g/mol. The maximum absolute atomic E-state index is 10.3. The van der Waals surface area contributed by atoms with Crippen LogP contribution in [0, 0.1) is 6.92 Å². The molecule has 2 N–H and O–H groups in total. The summed E-state index contributed by atoms with van der Waals surface area (Å²) in [7, 11) is 0. The van der Waals surface area contributed by atoms with Crippen LogP contribution in [0.4, 0.5) is 0 Å². The minimum atomic E-state index is 0.164. The van der Waals surface area contributed by atoms with E-state index in [-0.39, 0.29) is 6.04 Å². The van der Waals surface area contributed by atoms with Crippen molar-refractivity contribution in [2.24, 2.45) is 0 Å². The Balaban J connectivity index is 2.02. The topological polar surface area (TPSA) is 35.5 Å². The molecule has 3 nitrogen and oxygen atoms in total. The van der Waals surface area contributed by atoms with Crippen LogP contribution in [0.25, 0.3) is 0 Å². The number of rotatable bonds is 3. The largest absolute Gasteiger partial charge is 0.508 e. The maximum Gasteiger partial charge on any atom is 0.120 e. The van der Waals surface area contributed by atoms with Crippen molar-refractivity contribution in [2.45, 2.75) is 13.0 Å². The highest BCUT2D eigenvalue weighted by Crippen LogP contribution is 2.36. The minimum Gasteiger partial charge on any atom is -0.508 e. The summed E-state index contributed by atoms with van der Waals surface area (Å²) >= 11 is 1.76. The number of hydrogen-bond acceptors (Lipinski definition) is 4. The van der Waals surface area contributed by atoms with E-state index < -0.39 is 0 Å². The molecule has 1 fully saturated rings. The molecule has 106 valence electrons. The van der Waals surface area contributed by atoms with E-state index in [4.69, 9.17) is 0 Å². The Hall–Kier alpha value is -1.36. The van der Waals surface area contributed by atoms with Gasteiger partial charge in [0.05, 0.1) is 6.04 Å². The van der Waals surface area contributed by atoms with E-state index in [1.54, 1.807) is 11.3 Å². The lowest BCUT2D eigenvalue weighted by molar-refractivity contribution is 0.198. The van der Waals surface area contributed by atoms with Gasteiger partial charge in [0.2, 0.25) is 0 Å². The Morgan fingerprint density at radius 1 is 1.25 bits per heavy atom. The number of aryl methyl sites for hydroxylation is 1. The van der Waals surface area contributed by atoms with Gasteiger partial charge in [0.15, 0.2) is 0 Å². The van der Waals surface area contributed by atoms with Gasteiger partial charge in [0, 0.05) is 36.6 Å². The van der Waals surface area contributed by atoms with Crippen molar-refractivity contribution in [3.05, 3.63) is 51.7 Å². The first-order valence-electron chi connectivity index (χ1n) is 7.03. The average molecular weight is 288 g/mol. The van der Waals surface area contributed by atoms with Crippen LogP contribution in [0.15, 0.2) is 35.7 Å². The predicted octanol–water partition coefficient (Wildman–Crippen LogP) is 2.76. The van der Waals surface area contributed by atoms with Crippen molar-refractivity contribution in [3.63, 3.8) is 0 Å². The third-order valence-corrected chi connectivity index (χ3v) is 4.73. The van der Waals surface area contributed by atoms with Gasteiger partial charge in [0.1, 0.15) is 5.75 Å². The lowest BCUT2D eigenvalue weighted by Gasteiger charge is -2.35. The molecule has 2 heterocycles. The summed E-state index contributed by atoms with van der Waals surface area (Å²) in [6, 6.07) is 10.3. The average Bonchev–Trinajstić information content (AvgIpc) is 2.98. The molecule has 3 rings (SSSR count). The van der Waals surface area contributed by atoms with E-state index in [2.05, 4.69) is 40.7 Å². The molecule has 20 heavy (non-hydrogen) atoms. The molecule has 0 spiro atoms. The van der Waals surface area contributed by atoms with Gasteiger partial charge in [0.25, 0.3) is 0 Å². The Bertz CT molecular complexity index is 562. The zero-order valence-electron chi connectivity index (χ0n) is 11.7. The summed E-state index contributed by atoms with van der Waals surface area (Å²) in [4.78, 5) is 3.75. The van der Waals surface area contributed by atoms with Crippen molar-refractivity contribution in [3.8, 4) is 5.75 Å². The highest BCUT2D eigenvalue weighted by atomic mass is 32.1. The molecule has 1 atom stereocenters. The monoisotopic (exact) mass is 288 g/mol. The Labute approximate surface area is 123 Å². The van der Waals surface area contributed by atoms with Crippen LogP contribution >= 0.6 is 11.3 Å². The van der Waals surface area contributed by atoms with Crippen molar-refractivity contribution in [2.75, 3.05) is 26.2 Å². The maximum atomic E-state index is 10.3. The fourth-order valence-electron chi connectivity index (χ4n) is 2.81. The van der Waals surface area contributed by atoms with Gasteiger partial charge in [-0.1, -0.05) is 23.8 Å². The number of aromatic hydroxyl groups is 1. The fraction of sp³-hybridized carbons (Fsp3) is 0.375. The first-order valence-corrected chi connectivity index (χ1v) is 7.91. The summed E-state index contributed by atoms with van der Waals surface area (Å²) in [5.74, 6) is 0.396. The molecule has 1 aliphatic heterocycles. The van der Waals surface area contributed by atoms with Crippen LogP contribution in [0.3, 0.4) is 0 Å². The second kappa shape index (κ2) is 5.95. The van der Waals surface area contributed by atoms with Gasteiger partial charge >= 0.3 is 0 Å². The normalized spacial score (nSPS) is 18.1. The molecule has 0 bridgehead atoms. The molecule has 1 aromatic carbocycles. The van der Waals surface area contributed by atoms with Crippen LogP contribution in [-0.4, -0.2) is 36.2 Å². The SMILES string of the molecule is Cc1ccc(O)c([C@@H](c2cccs2)N2CCNCC2)c1. The lowest BCUT2D eigenvalue weighted by atomic mass is 9.99. The van der Waals surface area contributed by atoms with Gasteiger partial charge in [-0.2, -0.15) is 0 Å². The second-order valence-corrected chi connectivity index (χ2v) is 6.25. The number of phenols is 1. The fourth-order valence-corrected chi connectivity index (χ4v) is 3.69. The molecule has 2 aromatic rings. The van der Waals surface area contributed by atoms with Crippen molar-refractivity contribution in [1.82, 2.24) is 10.2 Å². The number of phenolic OH excluding ortho intramolecular Hbond substituents is 1. The van der Waals surface area contributed by atoms with Crippen LogP contribution < -0.4 is 5.32 Å². The Kier molecular flexibility index (Phi) is 4.05. The Morgan fingerprint density at radius 2 is 2.05 bits per heavy atom. The first-order chi connectivity index (χ1) is 9.75. The number of nitrogens with one attached hydrogen (secondary N) is 1. The van der Waals surface area contributed by atoms with Gasteiger partial charge in [-0.3, -0.25) is 4.90 Å². The van der Waals surface area contributed by atoms with Gasteiger partial charge < -0.3 is 10.4 Å².